The Bertz CT molecular complexity index is 432. The van der Waals surface area contributed by atoms with Gasteiger partial charge in [0.25, 0.3) is 0 Å². The zero-order valence-corrected chi connectivity index (χ0v) is 11.8. The monoisotopic (exact) mass is 282 g/mol. The maximum absolute atomic E-state index is 8.89. The standard InChI is InChI=1S/C12H18N4O2S/c1-17-4-2-14-7-10-9-19-12(15-10)16-3-5-18-11(6-13)8-16/h9,11,14H,2-5,7-8H2,1H3. The third kappa shape index (κ3) is 4.14. The van der Waals surface area contributed by atoms with E-state index in [2.05, 4.69) is 21.3 Å². The summed E-state index contributed by atoms with van der Waals surface area (Å²) in [5, 5.41) is 15.2. The summed E-state index contributed by atoms with van der Waals surface area (Å²) in [5.41, 5.74) is 1.02. The molecule has 7 heteroatoms. The highest BCUT2D eigenvalue weighted by Crippen LogP contribution is 2.22. The summed E-state index contributed by atoms with van der Waals surface area (Å²) in [7, 11) is 1.69. The van der Waals surface area contributed by atoms with Gasteiger partial charge in [-0.15, -0.1) is 11.3 Å². The fourth-order valence-corrected chi connectivity index (χ4v) is 2.68. The zero-order chi connectivity index (χ0) is 13.5. The molecule has 0 aromatic carbocycles. The van der Waals surface area contributed by atoms with Crippen molar-refractivity contribution in [2.75, 3.05) is 44.9 Å². The maximum Gasteiger partial charge on any atom is 0.185 e. The number of aromatic nitrogens is 1. The Morgan fingerprint density at radius 1 is 1.74 bits per heavy atom. The second-order valence-corrected chi connectivity index (χ2v) is 5.06. The van der Waals surface area contributed by atoms with Gasteiger partial charge in [-0.3, -0.25) is 0 Å². The van der Waals surface area contributed by atoms with Gasteiger partial charge in [-0.25, -0.2) is 4.98 Å². The van der Waals surface area contributed by atoms with Crippen molar-refractivity contribution in [1.82, 2.24) is 10.3 Å². The topological polar surface area (TPSA) is 70.4 Å². The molecule has 1 atom stereocenters. The predicted octanol–water partition coefficient (Wildman–Crippen LogP) is 0.608. The van der Waals surface area contributed by atoms with Gasteiger partial charge >= 0.3 is 0 Å². The molecule has 0 radical (unpaired) electrons. The van der Waals surface area contributed by atoms with Crippen LogP contribution in [0.4, 0.5) is 5.13 Å². The molecule has 104 valence electrons. The van der Waals surface area contributed by atoms with Crippen molar-refractivity contribution in [2.45, 2.75) is 12.6 Å². The molecular weight excluding hydrogens is 264 g/mol. The van der Waals surface area contributed by atoms with E-state index in [9.17, 15) is 0 Å². The molecule has 1 aliphatic rings. The highest BCUT2D eigenvalue weighted by molar-refractivity contribution is 7.13. The number of thiazole rings is 1. The molecule has 1 N–H and O–H groups in total. The van der Waals surface area contributed by atoms with Crippen molar-refractivity contribution in [2.24, 2.45) is 0 Å². The summed E-state index contributed by atoms with van der Waals surface area (Å²) in [6.07, 6.45) is -0.346. The summed E-state index contributed by atoms with van der Waals surface area (Å²) >= 11 is 1.61. The van der Waals surface area contributed by atoms with Crippen LogP contribution in [0, 0.1) is 11.3 Å². The lowest BCUT2D eigenvalue weighted by atomic mass is 10.3. The quantitative estimate of drug-likeness (QED) is 0.771. The average Bonchev–Trinajstić information content (AvgIpc) is 2.92. The molecule has 6 nitrogen and oxygen atoms in total. The van der Waals surface area contributed by atoms with E-state index >= 15 is 0 Å². The van der Waals surface area contributed by atoms with E-state index in [1.165, 1.54) is 0 Å². The van der Waals surface area contributed by atoms with Crippen LogP contribution in [0.1, 0.15) is 5.69 Å². The highest BCUT2D eigenvalue weighted by Gasteiger charge is 2.22. The van der Waals surface area contributed by atoms with Gasteiger partial charge < -0.3 is 19.7 Å². The largest absolute Gasteiger partial charge is 0.383 e. The second kappa shape index (κ2) is 7.40. The van der Waals surface area contributed by atoms with Gasteiger partial charge in [-0.05, 0) is 0 Å². The fraction of sp³-hybridized carbons (Fsp3) is 0.667. The Hall–Kier alpha value is -1.20. The van der Waals surface area contributed by atoms with Crippen LogP contribution in [0.3, 0.4) is 0 Å². The lowest BCUT2D eigenvalue weighted by Crippen LogP contribution is -2.41. The molecule has 0 spiro atoms. The van der Waals surface area contributed by atoms with E-state index in [4.69, 9.17) is 14.7 Å². The van der Waals surface area contributed by atoms with Gasteiger partial charge in [-0.2, -0.15) is 5.26 Å². The number of nitrogens with one attached hydrogen (secondary N) is 1. The Balaban J connectivity index is 1.84. The summed E-state index contributed by atoms with van der Waals surface area (Å²) in [5.74, 6) is 0. The summed E-state index contributed by atoms with van der Waals surface area (Å²) in [4.78, 5) is 6.69. The van der Waals surface area contributed by atoms with Crippen molar-refractivity contribution in [3.05, 3.63) is 11.1 Å². The molecule has 2 heterocycles. The van der Waals surface area contributed by atoms with Crippen LogP contribution in [-0.4, -0.2) is 51.0 Å². The van der Waals surface area contributed by atoms with Crippen LogP contribution in [0.15, 0.2) is 5.38 Å². The van der Waals surface area contributed by atoms with E-state index in [-0.39, 0.29) is 6.10 Å². The number of morpholine rings is 1. The number of hydrogen-bond acceptors (Lipinski definition) is 7. The second-order valence-electron chi connectivity index (χ2n) is 4.23. The van der Waals surface area contributed by atoms with E-state index in [1.807, 2.05) is 5.38 Å². The first-order chi connectivity index (χ1) is 9.33. The number of nitrogens with zero attached hydrogens (tertiary/aromatic N) is 3. The van der Waals surface area contributed by atoms with Crippen LogP contribution >= 0.6 is 11.3 Å². The first-order valence-corrected chi connectivity index (χ1v) is 7.11. The Kier molecular flexibility index (Phi) is 5.54. The summed E-state index contributed by atoms with van der Waals surface area (Å²) in [6.45, 7) is 4.23. The Morgan fingerprint density at radius 2 is 2.63 bits per heavy atom. The lowest BCUT2D eigenvalue weighted by Gasteiger charge is -2.29. The molecule has 1 unspecified atom stereocenters. The SMILES string of the molecule is COCCNCc1csc(N2CCOC(C#N)C2)n1. The van der Waals surface area contributed by atoms with E-state index < -0.39 is 0 Å². The molecule has 0 saturated carbocycles. The van der Waals surface area contributed by atoms with E-state index in [0.717, 1.165) is 30.5 Å². The molecule has 1 aliphatic heterocycles. The lowest BCUT2D eigenvalue weighted by molar-refractivity contribution is 0.0764. The molecule has 1 fully saturated rings. The minimum atomic E-state index is -0.346. The molecule has 19 heavy (non-hydrogen) atoms. The zero-order valence-electron chi connectivity index (χ0n) is 11.0. The van der Waals surface area contributed by atoms with Crippen LogP contribution in [-0.2, 0) is 16.0 Å². The molecule has 1 saturated heterocycles. The van der Waals surface area contributed by atoms with Gasteiger partial charge in [0.1, 0.15) is 0 Å². The predicted molar refractivity (Wildman–Crippen MR) is 73.3 cm³/mol. The van der Waals surface area contributed by atoms with Gasteiger partial charge in [0.2, 0.25) is 0 Å². The number of ether oxygens (including phenoxy) is 2. The van der Waals surface area contributed by atoms with Crippen molar-refractivity contribution in [3.8, 4) is 6.07 Å². The summed E-state index contributed by atoms with van der Waals surface area (Å²) in [6, 6.07) is 2.15. The molecule has 0 bridgehead atoms. The van der Waals surface area contributed by atoms with Gasteiger partial charge in [-0.1, -0.05) is 0 Å². The molecule has 1 aromatic rings. The number of hydrogen-bond donors (Lipinski definition) is 1. The minimum Gasteiger partial charge on any atom is -0.383 e. The number of anilines is 1. The fourth-order valence-electron chi connectivity index (χ4n) is 1.81. The summed E-state index contributed by atoms with van der Waals surface area (Å²) < 4.78 is 10.3. The van der Waals surface area contributed by atoms with Gasteiger partial charge in [0.05, 0.1) is 31.5 Å². The third-order valence-electron chi connectivity index (χ3n) is 2.81. The maximum atomic E-state index is 8.89. The van der Waals surface area contributed by atoms with Crippen molar-refractivity contribution < 1.29 is 9.47 Å². The van der Waals surface area contributed by atoms with Crippen LogP contribution < -0.4 is 10.2 Å². The first kappa shape index (κ1) is 14.2. The molecule has 0 aliphatic carbocycles. The Morgan fingerprint density at radius 3 is 3.42 bits per heavy atom. The van der Waals surface area contributed by atoms with Crippen LogP contribution in [0.25, 0.3) is 0 Å². The number of rotatable bonds is 6. The van der Waals surface area contributed by atoms with Crippen molar-refractivity contribution >= 4 is 16.5 Å². The number of methoxy groups -OCH3 is 1. The third-order valence-corrected chi connectivity index (χ3v) is 3.76. The van der Waals surface area contributed by atoms with Gasteiger partial charge in [0.15, 0.2) is 11.2 Å². The highest BCUT2D eigenvalue weighted by atomic mass is 32.1. The first-order valence-electron chi connectivity index (χ1n) is 6.23. The Labute approximate surface area is 116 Å². The number of nitriles is 1. The molecule has 0 amide bonds. The molecule has 2 rings (SSSR count). The molecule has 1 aromatic heterocycles. The van der Waals surface area contributed by atoms with E-state index in [1.54, 1.807) is 18.4 Å². The van der Waals surface area contributed by atoms with Crippen molar-refractivity contribution in [3.63, 3.8) is 0 Å². The van der Waals surface area contributed by atoms with Crippen molar-refractivity contribution in [1.29, 1.82) is 5.26 Å². The molecular formula is C12H18N4O2S. The minimum absolute atomic E-state index is 0.346. The van der Waals surface area contributed by atoms with E-state index in [0.29, 0.717) is 19.8 Å². The average molecular weight is 282 g/mol. The van der Waals surface area contributed by atoms with Gasteiger partial charge in [0, 0.05) is 32.1 Å². The van der Waals surface area contributed by atoms with Crippen LogP contribution in [0.5, 0.6) is 0 Å². The normalized spacial score (nSPS) is 19.4. The van der Waals surface area contributed by atoms with Crippen LogP contribution in [0.2, 0.25) is 0 Å². The smallest absolute Gasteiger partial charge is 0.185 e.